The molecule has 1 aliphatic heterocycles. The molecule has 1 heterocycles. The van der Waals surface area contributed by atoms with Crippen molar-refractivity contribution in [2.75, 3.05) is 18.6 Å². The molecule has 132 valence electrons. The van der Waals surface area contributed by atoms with Gasteiger partial charge in [0.05, 0.1) is 24.7 Å². The van der Waals surface area contributed by atoms with E-state index >= 15 is 0 Å². The highest BCUT2D eigenvalue weighted by Crippen LogP contribution is 2.27. The third-order valence-electron chi connectivity index (χ3n) is 4.40. The number of amides is 2. The summed E-state index contributed by atoms with van der Waals surface area (Å²) in [6, 6.07) is 16.4. The van der Waals surface area contributed by atoms with Crippen molar-refractivity contribution in [3.8, 4) is 11.8 Å². The summed E-state index contributed by atoms with van der Waals surface area (Å²) in [7, 11) is 1.59. The Kier molecular flexibility index (Phi) is 5.18. The Bertz CT molecular complexity index is 855. The lowest BCUT2D eigenvalue weighted by atomic mass is 10.1. The third kappa shape index (κ3) is 3.83. The molecule has 0 radical (unpaired) electrons. The molecule has 2 aromatic carbocycles. The van der Waals surface area contributed by atoms with Crippen molar-refractivity contribution in [1.29, 1.82) is 5.26 Å². The van der Waals surface area contributed by atoms with Gasteiger partial charge in [0.1, 0.15) is 5.75 Å². The molecule has 1 atom stereocenters. The molecule has 1 unspecified atom stereocenters. The number of hydrogen-bond donors (Lipinski definition) is 1. The maximum absolute atomic E-state index is 12.4. The number of benzene rings is 2. The molecule has 6 heteroatoms. The van der Waals surface area contributed by atoms with E-state index in [0.717, 1.165) is 11.3 Å². The van der Waals surface area contributed by atoms with Crippen molar-refractivity contribution < 1.29 is 14.3 Å². The molecule has 2 amide bonds. The van der Waals surface area contributed by atoms with Gasteiger partial charge >= 0.3 is 0 Å². The Hall–Kier alpha value is -3.33. The molecule has 2 aromatic rings. The lowest BCUT2D eigenvalue weighted by molar-refractivity contribution is -0.126. The van der Waals surface area contributed by atoms with Crippen LogP contribution in [0, 0.1) is 17.2 Å². The fraction of sp³-hybridized carbons (Fsp3) is 0.250. The first-order chi connectivity index (χ1) is 12.6. The summed E-state index contributed by atoms with van der Waals surface area (Å²) in [5.74, 6) is 0.108. The van der Waals surface area contributed by atoms with Gasteiger partial charge in [-0.25, -0.2) is 0 Å². The Morgan fingerprint density at radius 2 is 2.08 bits per heavy atom. The third-order valence-corrected chi connectivity index (χ3v) is 4.40. The van der Waals surface area contributed by atoms with Gasteiger partial charge in [0.25, 0.3) is 0 Å². The zero-order valence-electron chi connectivity index (χ0n) is 14.4. The second kappa shape index (κ2) is 7.70. The lowest BCUT2D eigenvalue weighted by Crippen LogP contribution is -2.32. The fourth-order valence-electron chi connectivity index (χ4n) is 2.98. The minimum atomic E-state index is -0.385. The summed E-state index contributed by atoms with van der Waals surface area (Å²) < 4.78 is 5.12. The number of methoxy groups -OCH3 is 1. The summed E-state index contributed by atoms with van der Waals surface area (Å²) in [6.45, 7) is 0.691. The van der Waals surface area contributed by atoms with Crippen molar-refractivity contribution >= 4 is 17.5 Å². The average Bonchev–Trinajstić information content (AvgIpc) is 3.08. The molecular weight excluding hydrogens is 330 g/mol. The van der Waals surface area contributed by atoms with Crippen LogP contribution in [0.15, 0.2) is 48.5 Å². The van der Waals surface area contributed by atoms with Crippen LogP contribution in [0.5, 0.6) is 5.75 Å². The topological polar surface area (TPSA) is 82.4 Å². The molecule has 26 heavy (non-hydrogen) atoms. The van der Waals surface area contributed by atoms with E-state index in [1.807, 2.05) is 18.2 Å². The Labute approximate surface area is 152 Å². The average molecular weight is 349 g/mol. The first-order valence-corrected chi connectivity index (χ1v) is 8.32. The zero-order chi connectivity index (χ0) is 18.5. The standard InChI is InChI=1S/C20H19N3O3/c1-26-18-7-5-17(6-8-18)23-13-16(10-19(23)24)20(25)22-12-15-4-2-3-14(9-15)11-21/h2-9,16H,10,12-13H2,1H3,(H,22,25). The second-order valence-corrected chi connectivity index (χ2v) is 6.13. The van der Waals surface area contributed by atoms with Crippen LogP contribution >= 0.6 is 0 Å². The van der Waals surface area contributed by atoms with Crippen molar-refractivity contribution in [3.63, 3.8) is 0 Å². The normalized spacial score (nSPS) is 16.2. The van der Waals surface area contributed by atoms with Gasteiger partial charge in [0, 0.05) is 25.2 Å². The smallest absolute Gasteiger partial charge is 0.227 e. The summed E-state index contributed by atoms with van der Waals surface area (Å²) >= 11 is 0. The summed E-state index contributed by atoms with van der Waals surface area (Å²) in [6.07, 6.45) is 0.191. The van der Waals surface area contributed by atoms with Gasteiger partial charge < -0.3 is 15.0 Å². The molecule has 0 aromatic heterocycles. The van der Waals surface area contributed by atoms with Crippen LogP contribution in [0.25, 0.3) is 0 Å². The monoisotopic (exact) mass is 349 g/mol. The van der Waals surface area contributed by atoms with Gasteiger partial charge in [-0.1, -0.05) is 12.1 Å². The van der Waals surface area contributed by atoms with Crippen LogP contribution < -0.4 is 15.0 Å². The number of nitrogens with one attached hydrogen (secondary N) is 1. The molecule has 0 bridgehead atoms. The van der Waals surface area contributed by atoms with Crippen molar-refractivity contribution in [3.05, 3.63) is 59.7 Å². The lowest BCUT2D eigenvalue weighted by Gasteiger charge is -2.17. The molecule has 0 aliphatic carbocycles. The number of anilines is 1. The van der Waals surface area contributed by atoms with Gasteiger partial charge in [-0.15, -0.1) is 0 Å². The Morgan fingerprint density at radius 3 is 2.77 bits per heavy atom. The SMILES string of the molecule is COc1ccc(N2CC(C(=O)NCc3cccc(C#N)c3)CC2=O)cc1. The van der Waals surface area contributed by atoms with Crippen LogP contribution in [0.1, 0.15) is 17.5 Å². The van der Waals surface area contributed by atoms with Crippen molar-refractivity contribution in [2.24, 2.45) is 5.92 Å². The highest BCUT2D eigenvalue weighted by Gasteiger charge is 2.34. The molecule has 0 saturated carbocycles. The van der Waals surface area contributed by atoms with Crippen LogP contribution in [-0.4, -0.2) is 25.5 Å². The zero-order valence-corrected chi connectivity index (χ0v) is 14.4. The van der Waals surface area contributed by atoms with E-state index in [0.29, 0.717) is 24.4 Å². The van der Waals surface area contributed by atoms with Gasteiger partial charge in [0.2, 0.25) is 11.8 Å². The number of ether oxygens (including phenoxy) is 1. The van der Waals surface area contributed by atoms with Crippen LogP contribution in [0.3, 0.4) is 0 Å². The maximum Gasteiger partial charge on any atom is 0.227 e. The number of nitrogens with zero attached hydrogens (tertiary/aromatic N) is 2. The number of rotatable bonds is 5. The predicted molar refractivity (Wildman–Crippen MR) is 96.5 cm³/mol. The van der Waals surface area contributed by atoms with E-state index in [1.54, 1.807) is 42.3 Å². The molecule has 1 saturated heterocycles. The van der Waals surface area contributed by atoms with Crippen LogP contribution in [-0.2, 0) is 16.1 Å². The number of carbonyl (C=O) groups excluding carboxylic acids is 2. The molecular formula is C20H19N3O3. The van der Waals surface area contributed by atoms with Crippen molar-refractivity contribution in [1.82, 2.24) is 5.32 Å². The van der Waals surface area contributed by atoms with Crippen molar-refractivity contribution in [2.45, 2.75) is 13.0 Å². The van der Waals surface area contributed by atoms with E-state index in [-0.39, 0.29) is 24.2 Å². The Morgan fingerprint density at radius 1 is 1.31 bits per heavy atom. The van der Waals surface area contributed by atoms with Gasteiger partial charge in [0.15, 0.2) is 0 Å². The molecule has 3 rings (SSSR count). The Balaban J connectivity index is 1.60. The maximum atomic E-state index is 12.4. The molecule has 0 spiro atoms. The largest absolute Gasteiger partial charge is 0.497 e. The van der Waals surface area contributed by atoms with E-state index in [9.17, 15) is 9.59 Å². The number of hydrogen-bond acceptors (Lipinski definition) is 4. The first-order valence-electron chi connectivity index (χ1n) is 8.32. The second-order valence-electron chi connectivity index (χ2n) is 6.13. The van der Waals surface area contributed by atoms with Crippen LogP contribution in [0.4, 0.5) is 5.69 Å². The highest BCUT2D eigenvalue weighted by molar-refractivity contribution is 6.00. The molecule has 1 fully saturated rings. The summed E-state index contributed by atoms with van der Waals surface area (Å²) in [5, 5.41) is 11.8. The minimum Gasteiger partial charge on any atom is -0.497 e. The first kappa shape index (κ1) is 17.5. The van der Waals surface area contributed by atoms with E-state index < -0.39 is 0 Å². The van der Waals surface area contributed by atoms with Crippen LogP contribution in [0.2, 0.25) is 0 Å². The summed E-state index contributed by atoms with van der Waals surface area (Å²) in [5.41, 5.74) is 2.17. The number of carbonyl (C=O) groups is 2. The van der Waals surface area contributed by atoms with E-state index in [1.165, 1.54) is 0 Å². The summed E-state index contributed by atoms with van der Waals surface area (Å²) in [4.78, 5) is 26.3. The van der Waals surface area contributed by atoms with Gasteiger partial charge in [-0.2, -0.15) is 5.26 Å². The molecule has 1 N–H and O–H groups in total. The highest BCUT2D eigenvalue weighted by atomic mass is 16.5. The predicted octanol–water partition coefficient (Wildman–Crippen LogP) is 2.24. The molecule has 1 aliphatic rings. The van der Waals surface area contributed by atoms with E-state index in [4.69, 9.17) is 10.00 Å². The fourth-order valence-corrected chi connectivity index (χ4v) is 2.98. The van der Waals surface area contributed by atoms with E-state index in [2.05, 4.69) is 11.4 Å². The number of nitriles is 1. The van der Waals surface area contributed by atoms with Gasteiger partial charge in [-0.05, 0) is 42.0 Å². The molecule has 6 nitrogen and oxygen atoms in total. The minimum absolute atomic E-state index is 0.0678. The quantitative estimate of drug-likeness (QED) is 0.897. The van der Waals surface area contributed by atoms with Gasteiger partial charge in [-0.3, -0.25) is 9.59 Å².